The third-order valence-corrected chi connectivity index (χ3v) is 7.47. The number of imidazole rings is 1. The molecular formula is C35H23BrN4. The molecule has 3 aromatic heterocycles. The zero-order valence-corrected chi connectivity index (χ0v) is 23.0. The molecule has 0 radical (unpaired) electrons. The zero-order chi connectivity index (χ0) is 26.9. The van der Waals surface area contributed by atoms with Crippen molar-refractivity contribution in [2.75, 3.05) is 0 Å². The second-order valence-electron chi connectivity index (χ2n) is 9.52. The standard InChI is InChI=1S/C35H23BrN4/c36-28-21-26(25-12-9-18-37-23-25)20-27(22-28)34-39-33-32(17-19-38-35(33)40(34)29-13-5-2-6-14-29)31-16-8-7-15-30(31)24-10-3-1-4-11-24/h1-23H. The molecule has 0 spiro atoms. The lowest BCUT2D eigenvalue weighted by molar-refractivity contribution is 1.08. The van der Waals surface area contributed by atoms with E-state index in [1.165, 1.54) is 5.56 Å². The van der Waals surface area contributed by atoms with Gasteiger partial charge in [0.05, 0.1) is 0 Å². The Morgan fingerprint density at radius 2 is 1.25 bits per heavy atom. The Balaban J connectivity index is 1.51. The van der Waals surface area contributed by atoms with Crippen LogP contribution in [-0.2, 0) is 0 Å². The van der Waals surface area contributed by atoms with Gasteiger partial charge in [-0.15, -0.1) is 0 Å². The van der Waals surface area contributed by atoms with Gasteiger partial charge in [0.25, 0.3) is 0 Å². The molecule has 0 bridgehead atoms. The molecule has 0 unspecified atom stereocenters. The smallest absolute Gasteiger partial charge is 0.165 e. The molecule has 0 atom stereocenters. The highest BCUT2D eigenvalue weighted by atomic mass is 79.9. The summed E-state index contributed by atoms with van der Waals surface area (Å²) < 4.78 is 3.12. The van der Waals surface area contributed by atoms with Crippen LogP contribution in [0.2, 0.25) is 0 Å². The SMILES string of the molecule is Brc1cc(-c2cccnc2)cc(-c2nc3c(-c4ccccc4-c4ccccc4)ccnc3n2-c2ccccc2)c1. The summed E-state index contributed by atoms with van der Waals surface area (Å²) in [4.78, 5) is 14.5. The second kappa shape index (κ2) is 10.4. The Labute approximate surface area is 240 Å². The first-order valence-electron chi connectivity index (χ1n) is 13.1. The summed E-state index contributed by atoms with van der Waals surface area (Å²) in [6.45, 7) is 0. The van der Waals surface area contributed by atoms with Crippen LogP contribution in [0.5, 0.6) is 0 Å². The summed E-state index contributed by atoms with van der Waals surface area (Å²) in [7, 11) is 0. The van der Waals surface area contributed by atoms with Crippen LogP contribution >= 0.6 is 15.9 Å². The van der Waals surface area contributed by atoms with Gasteiger partial charge >= 0.3 is 0 Å². The lowest BCUT2D eigenvalue weighted by atomic mass is 9.95. The molecule has 190 valence electrons. The second-order valence-corrected chi connectivity index (χ2v) is 10.4. The van der Waals surface area contributed by atoms with Crippen LogP contribution in [0.15, 0.2) is 144 Å². The Hall–Kier alpha value is -4.87. The number of fused-ring (bicyclic) bond motifs is 1. The highest BCUT2D eigenvalue weighted by molar-refractivity contribution is 9.10. The van der Waals surface area contributed by atoms with E-state index in [1.54, 1.807) is 6.20 Å². The van der Waals surface area contributed by atoms with Gasteiger partial charge in [-0.25, -0.2) is 9.97 Å². The van der Waals surface area contributed by atoms with Gasteiger partial charge in [-0.2, -0.15) is 0 Å². The van der Waals surface area contributed by atoms with Crippen LogP contribution in [0.3, 0.4) is 0 Å². The topological polar surface area (TPSA) is 43.6 Å². The number of halogens is 1. The number of aromatic nitrogens is 4. The van der Waals surface area contributed by atoms with Gasteiger partial charge in [0.15, 0.2) is 5.65 Å². The number of pyridine rings is 2. The van der Waals surface area contributed by atoms with E-state index >= 15 is 0 Å². The highest BCUT2D eigenvalue weighted by Gasteiger charge is 2.20. The summed E-state index contributed by atoms with van der Waals surface area (Å²) >= 11 is 3.75. The Morgan fingerprint density at radius 3 is 2.02 bits per heavy atom. The summed E-state index contributed by atoms with van der Waals surface area (Å²) in [6, 6.07) is 41.7. The van der Waals surface area contributed by atoms with E-state index in [0.29, 0.717) is 0 Å². The van der Waals surface area contributed by atoms with Gasteiger partial charge in [-0.1, -0.05) is 94.8 Å². The molecule has 7 aromatic rings. The van der Waals surface area contributed by atoms with Crippen molar-refractivity contribution in [2.45, 2.75) is 0 Å². The third-order valence-electron chi connectivity index (χ3n) is 7.01. The van der Waals surface area contributed by atoms with Crippen LogP contribution in [0, 0.1) is 0 Å². The molecule has 0 aliphatic carbocycles. The molecule has 4 aromatic carbocycles. The van der Waals surface area contributed by atoms with E-state index in [4.69, 9.17) is 9.97 Å². The molecule has 0 fully saturated rings. The summed E-state index contributed by atoms with van der Waals surface area (Å²) in [6.07, 6.45) is 5.55. The molecule has 0 N–H and O–H groups in total. The number of nitrogens with zero attached hydrogens (tertiary/aromatic N) is 4. The van der Waals surface area contributed by atoms with Gasteiger partial charge in [0.1, 0.15) is 11.3 Å². The zero-order valence-electron chi connectivity index (χ0n) is 21.4. The number of para-hydroxylation sites is 1. The maximum absolute atomic E-state index is 5.31. The largest absolute Gasteiger partial charge is 0.277 e. The van der Waals surface area contributed by atoms with Gasteiger partial charge in [0, 0.05) is 45.4 Å². The van der Waals surface area contributed by atoms with E-state index in [2.05, 4.69) is 116 Å². The van der Waals surface area contributed by atoms with Crippen molar-refractivity contribution >= 4 is 27.1 Å². The Kier molecular flexibility index (Phi) is 6.27. The molecule has 0 aliphatic heterocycles. The first-order valence-corrected chi connectivity index (χ1v) is 13.8. The monoisotopic (exact) mass is 578 g/mol. The van der Waals surface area contributed by atoms with Gasteiger partial charge < -0.3 is 0 Å². The fraction of sp³-hybridized carbons (Fsp3) is 0. The number of benzene rings is 4. The predicted octanol–water partition coefficient (Wildman–Crippen LogP) is 9.25. The van der Waals surface area contributed by atoms with Crippen molar-refractivity contribution in [3.63, 3.8) is 0 Å². The number of hydrogen-bond donors (Lipinski definition) is 0. The minimum absolute atomic E-state index is 0.810. The molecule has 5 heteroatoms. The van der Waals surface area contributed by atoms with Crippen LogP contribution < -0.4 is 0 Å². The van der Waals surface area contributed by atoms with Crippen LogP contribution in [0.1, 0.15) is 0 Å². The summed E-state index contributed by atoms with van der Waals surface area (Å²) in [5.74, 6) is 0.824. The average Bonchev–Trinajstić information content (AvgIpc) is 3.42. The molecule has 4 nitrogen and oxygen atoms in total. The summed E-state index contributed by atoms with van der Waals surface area (Å²) in [5, 5.41) is 0. The van der Waals surface area contributed by atoms with Crippen LogP contribution in [0.4, 0.5) is 0 Å². The van der Waals surface area contributed by atoms with Crippen molar-refractivity contribution in [2.24, 2.45) is 0 Å². The van der Waals surface area contributed by atoms with Gasteiger partial charge in [0.2, 0.25) is 0 Å². The lowest BCUT2D eigenvalue weighted by Gasteiger charge is -2.12. The molecule has 0 aliphatic rings. The lowest BCUT2D eigenvalue weighted by Crippen LogP contribution is -1.99. The molecule has 0 saturated carbocycles. The molecule has 3 heterocycles. The predicted molar refractivity (Wildman–Crippen MR) is 166 cm³/mol. The van der Waals surface area contributed by atoms with E-state index in [0.717, 1.165) is 60.5 Å². The highest BCUT2D eigenvalue weighted by Crippen LogP contribution is 2.39. The Bertz CT molecular complexity index is 1950. The van der Waals surface area contributed by atoms with Gasteiger partial charge in [-0.3, -0.25) is 9.55 Å². The quantitative estimate of drug-likeness (QED) is 0.204. The van der Waals surface area contributed by atoms with Crippen molar-refractivity contribution in [3.05, 3.63) is 144 Å². The maximum atomic E-state index is 5.31. The van der Waals surface area contributed by atoms with E-state index < -0.39 is 0 Å². The van der Waals surface area contributed by atoms with E-state index in [1.807, 2.05) is 42.7 Å². The van der Waals surface area contributed by atoms with Crippen molar-refractivity contribution in [1.29, 1.82) is 0 Å². The summed E-state index contributed by atoms with van der Waals surface area (Å²) in [5.41, 5.74) is 10.2. The maximum Gasteiger partial charge on any atom is 0.165 e. The van der Waals surface area contributed by atoms with E-state index in [-0.39, 0.29) is 0 Å². The fourth-order valence-electron chi connectivity index (χ4n) is 5.21. The van der Waals surface area contributed by atoms with E-state index in [9.17, 15) is 0 Å². The fourth-order valence-corrected chi connectivity index (χ4v) is 5.71. The van der Waals surface area contributed by atoms with Crippen LogP contribution in [-0.4, -0.2) is 19.5 Å². The molecule has 0 amide bonds. The first-order chi connectivity index (χ1) is 19.8. The van der Waals surface area contributed by atoms with Gasteiger partial charge in [-0.05, 0) is 64.7 Å². The van der Waals surface area contributed by atoms with Crippen molar-refractivity contribution in [3.8, 4) is 50.5 Å². The Morgan fingerprint density at radius 1 is 0.550 bits per heavy atom. The molecule has 40 heavy (non-hydrogen) atoms. The molecule has 0 saturated heterocycles. The average molecular weight is 580 g/mol. The number of hydrogen-bond acceptors (Lipinski definition) is 3. The van der Waals surface area contributed by atoms with Crippen molar-refractivity contribution < 1.29 is 0 Å². The minimum Gasteiger partial charge on any atom is -0.277 e. The third kappa shape index (κ3) is 4.40. The van der Waals surface area contributed by atoms with Crippen molar-refractivity contribution in [1.82, 2.24) is 19.5 Å². The molecular weight excluding hydrogens is 556 g/mol. The van der Waals surface area contributed by atoms with Crippen LogP contribution in [0.25, 0.3) is 61.6 Å². The minimum atomic E-state index is 0.810. The first kappa shape index (κ1) is 24.2. The molecule has 7 rings (SSSR count). The normalized spacial score (nSPS) is 11.1. The number of rotatable bonds is 5.